The summed E-state index contributed by atoms with van der Waals surface area (Å²) in [5.41, 5.74) is 1.90. The molecule has 1 aliphatic rings. The van der Waals surface area contributed by atoms with Gasteiger partial charge in [0.2, 0.25) is 6.29 Å². The summed E-state index contributed by atoms with van der Waals surface area (Å²) < 4.78 is 36.5. The maximum absolute atomic E-state index is 14.0. The van der Waals surface area contributed by atoms with Gasteiger partial charge in [0.05, 0.1) is 19.6 Å². The Labute approximate surface area is 174 Å². The summed E-state index contributed by atoms with van der Waals surface area (Å²) in [6.45, 7) is 0.314. The predicted octanol–water partition coefficient (Wildman–Crippen LogP) is 4.95. The molecule has 1 atom stereocenters. The number of rotatable bonds is 7. The highest BCUT2D eigenvalue weighted by Crippen LogP contribution is 2.36. The van der Waals surface area contributed by atoms with Crippen molar-refractivity contribution in [3.05, 3.63) is 95.3 Å². The van der Waals surface area contributed by atoms with Crippen molar-refractivity contribution in [2.45, 2.75) is 25.9 Å². The minimum Gasteiger partial charge on any atom is -0.493 e. The van der Waals surface area contributed by atoms with E-state index in [1.54, 1.807) is 0 Å². The number of carbonyl (C=O) groups is 1. The van der Waals surface area contributed by atoms with E-state index in [2.05, 4.69) is 0 Å². The summed E-state index contributed by atoms with van der Waals surface area (Å²) in [4.78, 5) is 12.1. The molecule has 0 saturated heterocycles. The molecule has 4 rings (SSSR count). The van der Waals surface area contributed by atoms with Gasteiger partial charge in [0.25, 0.3) is 0 Å². The van der Waals surface area contributed by atoms with Gasteiger partial charge in [-0.15, -0.1) is 0 Å². The van der Waals surface area contributed by atoms with Crippen LogP contribution in [-0.4, -0.2) is 12.6 Å². The number of esters is 1. The van der Waals surface area contributed by atoms with Crippen molar-refractivity contribution in [3.63, 3.8) is 0 Å². The van der Waals surface area contributed by atoms with Crippen LogP contribution in [0.15, 0.2) is 72.8 Å². The fourth-order valence-corrected chi connectivity index (χ4v) is 3.16. The second kappa shape index (κ2) is 9.41. The number of benzene rings is 3. The van der Waals surface area contributed by atoms with Gasteiger partial charge in [0, 0.05) is 16.7 Å². The van der Waals surface area contributed by atoms with Crippen LogP contribution in [0.5, 0.6) is 11.5 Å². The number of ether oxygens (including phenoxy) is 4. The number of halogens is 1. The molecular formula is C24H21FO5. The number of carbonyl (C=O) groups excluding carboxylic acids is 1. The molecule has 0 fully saturated rings. The minimum absolute atomic E-state index is 0.0863. The zero-order valence-corrected chi connectivity index (χ0v) is 16.3. The predicted molar refractivity (Wildman–Crippen MR) is 107 cm³/mol. The number of para-hydroxylation sites is 1. The smallest absolute Gasteiger partial charge is 0.309 e. The molecule has 0 bridgehead atoms. The zero-order valence-electron chi connectivity index (χ0n) is 16.3. The van der Waals surface area contributed by atoms with Crippen LogP contribution in [0.25, 0.3) is 0 Å². The molecule has 0 amide bonds. The molecule has 6 heteroatoms. The zero-order chi connectivity index (χ0) is 20.8. The SMILES string of the molecule is O=C(CCOc1ccccc1)OCc1cc(F)cc2c1O[C@H](c1ccccc1)OC2. The van der Waals surface area contributed by atoms with Crippen LogP contribution in [0.4, 0.5) is 4.39 Å². The molecular weight excluding hydrogens is 387 g/mol. The quantitative estimate of drug-likeness (QED) is 0.518. The first-order valence-corrected chi connectivity index (χ1v) is 9.67. The highest BCUT2D eigenvalue weighted by molar-refractivity contribution is 5.69. The fourth-order valence-electron chi connectivity index (χ4n) is 3.16. The lowest BCUT2D eigenvalue weighted by atomic mass is 10.1. The van der Waals surface area contributed by atoms with E-state index in [1.807, 2.05) is 60.7 Å². The van der Waals surface area contributed by atoms with Gasteiger partial charge < -0.3 is 18.9 Å². The van der Waals surface area contributed by atoms with Gasteiger partial charge >= 0.3 is 5.97 Å². The Morgan fingerprint density at radius 1 is 1.03 bits per heavy atom. The van der Waals surface area contributed by atoms with Crippen molar-refractivity contribution in [2.24, 2.45) is 0 Å². The van der Waals surface area contributed by atoms with Crippen molar-refractivity contribution < 1.29 is 28.1 Å². The first kappa shape index (κ1) is 19.9. The number of hydrogen-bond donors (Lipinski definition) is 0. The molecule has 3 aromatic rings. The van der Waals surface area contributed by atoms with Crippen molar-refractivity contribution in [2.75, 3.05) is 6.61 Å². The van der Waals surface area contributed by atoms with Crippen molar-refractivity contribution in [3.8, 4) is 11.5 Å². The van der Waals surface area contributed by atoms with Crippen LogP contribution in [0.1, 0.15) is 29.4 Å². The molecule has 5 nitrogen and oxygen atoms in total. The number of fused-ring (bicyclic) bond motifs is 1. The monoisotopic (exact) mass is 408 g/mol. The summed E-state index contributed by atoms with van der Waals surface area (Å²) in [5, 5.41) is 0. The van der Waals surface area contributed by atoms with Crippen LogP contribution in [0.3, 0.4) is 0 Å². The van der Waals surface area contributed by atoms with Gasteiger partial charge in [-0.1, -0.05) is 48.5 Å². The second-order valence-electron chi connectivity index (χ2n) is 6.80. The average molecular weight is 408 g/mol. The van der Waals surface area contributed by atoms with Crippen molar-refractivity contribution in [1.82, 2.24) is 0 Å². The highest BCUT2D eigenvalue weighted by atomic mass is 19.1. The van der Waals surface area contributed by atoms with Crippen LogP contribution in [-0.2, 0) is 27.5 Å². The van der Waals surface area contributed by atoms with Crippen LogP contribution < -0.4 is 9.47 Å². The third-order valence-electron chi connectivity index (χ3n) is 4.60. The molecule has 1 heterocycles. The van der Waals surface area contributed by atoms with E-state index in [9.17, 15) is 9.18 Å². The van der Waals surface area contributed by atoms with E-state index >= 15 is 0 Å². The number of hydrogen-bond acceptors (Lipinski definition) is 5. The maximum Gasteiger partial charge on any atom is 0.309 e. The fraction of sp³-hybridized carbons (Fsp3) is 0.208. The summed E-state index contributed by atoms with van der Waals surface area (Å²) in [5.74, 6) is 0.308. The molecule has 0 N–H and O–H groups in total. The third-order valence-corrected chi connectivity index (χ3v) is 4.60. The normalized spacial score (nSPS) is 15.0. The van der Waals surface area contributed by atoms with Crippen LogP contribution in [0, 0.1) is 5.82 Å². The van der Waals surface area contributed by atoms with E-state index < -0.39 is 18.1 Å². The summed E-state index contributed by atoms with van der Waals surface area (Å²) >= 11 is 0. The van der Waals surface area contributed by atoms with Crippen LogP contribution >= 0.6 is 0 Å². The maximum atomic E-state index is 14.0. The summed E-state index contributed by atoms with van der Waals surface area (Å²) in [7, 11) is 0. The molecule has 0 aliphatic carbocycles. The van der Waals surface area contributed by atoms with Gasteiger partial charge in [-0.3, -0.25) is 4.79 Å². The first-order valence-electron chi connectivity index (χ1n) is 9.67. The Kier molecular flexibility index (Phi) is 6.25. The molecule has 0 aromatic heterocycles. The van der Waals surface area contributed by atoms with E-state index in [-0.39, 0.29) is 26.2 Å². The van der Waals surface area contributed by atoms with Gasteiger partial charge in [0.15, 0.2) is 0 Å². The largest absolute Gasteiger partial charge is 0.493 e. The third kappa shape index (κ3) is 4.96. The van der Waals surface area contributed by atoms with Gasteiger partial charge in [0.1, 0.15) is 23.9 Å². The summed E-state index contributed by atoms with van der Waals surface area (Å²) in [6, 6.07) is 21.4. The second-order valence-corrected chi connectivity index (χ2v) is 6.80. The Morgan fingerprint density at radius 3 is 2.53 bits per heavy atom. The molecule has 1 aliphatic heterocycles. The molecule has 0 saturated carbocycles. The van der Waals surface area contributed by atoms with E-state index in [4.69, 9.17) is 18.9 Å². The average Bonchev–Trinajstić information content (AvgIpc) is 2.78. The lowest BCUT2D eigenvalue weighted by Crippen LogP contribution is -2.20. The minimum atomic E-state index is -0.599. The summed E-state index contributed by atoms with van der Waals surface area (Å²) in [6.07, 6.45) is -0.513. The molecule has 0 spiro atoms. The Bertz CT molecular complexity index is 991. The van der Waals surface area contributed by atoms with E-state index in [1.165, 1.54) is 12.1 Å². The Morgan fingerprint density at radius 2 is 1.77 bits per heavy atom. The van der Waals surface area contributed by atoms with E-state index in [0.717, 1.165) is 5.56 Å². The van der Waals surface area contributed by atoms with Gasteiger partial charge in [-0.25, -0.2) is 4.39 Å². The topological polar surface area (TPSA) is 54.0 Å². The lowest BCUT2D eigenvalue weighted by molar-refractivity contribution is -0.145. The highest BCUT2D eigenvalue weighted by Gasteiger charge is 2.25. The Balaban J connectivity index is 1.37. The van der Waals surface area contributed by atoms with Crippen LogP contribution in [0.2, 0.25) is 0 Å². The van der Waals surface area contributed by atoms with Crippen molar-refractivity contribution >= 4 is 5.97 Å². The van der Waals surface area contributed by atoms with E-state index in [0.29, 0.717) is 22.6 Å². The molecule has 30 heavy (non-hydrogen) atoms. The van der Waals surface area contributed by atoms with Crippen molar-refractivity contribution in [1.29, 1.82) is 0 Å². The van der Waals surface area contributed by atoms with Gasteiger partial charge in [-0.2, -0.15) is 0 Å². The standard InChI is InChI=1S/C24H21FO5/c25-20-13-18(15-28-22(26)11-12-27-21-9-5-2-6-10-21)23-19(14-20)16-29-24(30-23)17-7-3-1-4-8-17/h1-10,13-14,24H,11-12,15-16H2/t24-/m1/s1. The molecule has 154 valence electrons. The van der Waals surface area contributed by atoms with Gasteiger partial charge in [-0.05, 0) is 24.3 Å². The first-order chi connectivity index (χ1) is 14.7. The molecule has 0 unspecified atom stereocenters. The molecule has 3 aromatic carbocycles. The molecule has 0 radical (unpaired) electrons. The Hall–Kier alpha value is -3.38. The lowest BCUT2D eigenvalue weighted by Gasteiger charge is -2.28.